The standard InChI is InChI=1S/C13H17NO/c14-13(8-12(13)9-2-1-3-9)10-4-6-11(15)7-5-10/h4-7,9,12,15H,1-3,8,14H2. The molecule has 0 bridgehead atoms. The van der Waals surface area contributed by atoms with Crippen molar-refractivity contribution < 1.29 is 5.11 Å². The zero-order valence-corrected chi connectivity index (χ0v) is 8.82. The van der Waals surface area contributed by atoms with Crippen LogP contribution in [0.25, 0.3) is 0 Å². The van der Waals surface area contributed by atoms with Gasteiger partial charge in [0, 0.05) is 5.54 Å². The van der Waals surface area contributed by atoms with Gasteiger partial charge in [-0.25, -0.2) is 0 Å². The summed E-state index contributed by atoms with van der Waals surface area (Å²) in [7, 11) is 0. The first-order valence-electron chi connectivity index (χ1n) is 5.78. The van der Waals surface area contributed by atoms with E-state index in [1.165, 1.54) is 24.8 Å². The van der Waals surface area contributed by atoms with Crippen LogP contribution in [0.2, 0.25) is 0 Å². The molecule has 1 aromatic rings. The smallest absolute Gasteiger partial charge is 0.115 e. The Morgan fingerprint density at radius 2 is 1.87 bits per heavy atom. The average molecular weight is 203 g/mol. The number of rotatable bonds is 2. The van der Waals surface area contributed by atoms with E-state index in [-0.39, 0.29) is 5.54 Å². The van der Waals surface area contributed by atoms with Crippen LogP contribution in [0.5, 0.6) is 5.75 Å². The van der Waals surface area contributed by atoms with E-state index in [0.29, 0.717) is 11.7 Å². The first kappa shape index (κ1) is 9.22. The van der Waals surface area contributed by atoms with E-state index in [4.69, 9.17) is 5.73 Å². The van der Waals surface area contributed by atoms with Gasteiger partial charge >= 0.3 is 0 Å². The molecular weight excluding hydrogens is 186 g/mol. The number of phenolic OH excluding ortho intramolecular Hbond substituents is 1. The molecule has 0 amide bonds. The van der Waals surface area contributed by atoms with Gasteiger partial charge in [-0.1, -0.05) is 31.4 Å². The number of nitrogens with two attached hydrogens (primary N) is 1. The molecule has 15 heavy (non-hydrogen) atoms. The van der Waals surface area contributed by atoms with Crippen molar-refractivity contribution in [1.29, 1.82) is 0 Å². The SMILES string of the molecule is NC1(c2ccc(O)cc2)CC1C1CCC1. The van der Waals surface area contributed by atoms with Gasteiger partial charge in [0.25, 0.3) is 0 Å². The minimum Gasteiger partial charge on any atom is -0.508 e. The van der Waals surface area contributed by atoms with Crippen molar-refractivity contribution in [3.63, 3.8) is 0 Å². The highest BCUT2D eigenvalue weighted by atomic mass is 16.3. The van der Waals surface area contributed by atoms with Crippen LogP contribution in [0.15, 0.2) is 24.3 Å². The maximum atomic E-state index is 9.23. The van der Waals surface area contributed by atoms with E-state index in [2.05, 4.69) is 0 Å². The number of hydrogen-bond acceptors (Lipinski definition) is 2. The molecule has 0 aromatic heterocycles. The Hall–Kier alpha value is -1.02. The van der Waals surface area contributed by atoms with Crippen LogP contribution < -0.4 is 5.73 Å². The predicted octanol–water partition coefficient (Wildman–Crippen LogP) is 2.37. The molecule has 0 aliphatic heterocycles. The number of benzene rings is 1. The van der Waals surface area contributed by atoms with Crippen LogP contribution in [0.3, 0.4) is 0 Å². The molecule has 2 aliphatic rings. The van der Waals surface area contributed by atoms with E-state index >= 15 is 0 Å². The van der Waals surface area contributed by atoms with Crippen molar-refractivity contribution in [2.75, 3.05) is 0 Å². The minimum absolute atomic E-state index is 0.0845. The molecule has 1 aromatic carbocycles. The van der Waals surface area contributed by atoms with Gasteiger partial charge in [-0.3, -0.25) is 0 Å². The molecule has 2 aliphatic carbocycles. The molecule has 80 valence electrons. The van der Waals surface area contributed by atoms with Crippen LogP contribution in [0.4, 0.5) is 0 Å². The summed E-state index contributed by atoms with van der Waals surface area (Å²) in [4.78, 5) is 0. The van der Waals surface area contributed by atoms with E-state index in [0.717, 1.165) is 12.3 Å². The zero-order chi connectivity index (χ0) is 10.5. The van der Waals surface area contributed by atoms with E-state index in [1.807, 2.05) is 12.1 Å². The van der Waals surface area contributed by atoms with Crippen molar-refractivity contribution >= 4 is 0 Å². The zero-order valence-electron chi connectivity index (χ0n) is 8.82. The molecular formula is C13H17NO. The maximum absolute atomic E-state index is 9.23. The number of phenols is 1. The average Bonchev–Trinajstić information content (AvgIpc) is 2.77. The van der Waals surface area contributed by atoms with Crippen molar-refractivity contribution in [1.82, 2.24) is 0 Å². The predicted molar refractivity (Wildman–Crippen MR) is 59.4 cm³/mol. The Morgan fingerprint density at radius 1 is 1.20 bits per heavy atom. The van der Waals surface area contributed by atoms with Crippen molar-refractivity contribution in [2.45, 2.75) is 31.2 Å². The Balaban J connectivity index is 1.80. The molecule has 0 heterocycles. The summed E-state index contributed by atoms with van der Waals surface area (Å²) >= 11 is 0. The fourth-order valence-corrected chi connectivity index (χ4v) is 2.84. The Bertz CT molecular complexity index is 369. The van der Waals surface area contributed by atoms with Crippen LogP contribution in [0.1, 0.15) is 31.2 Å². The van der Waals surface area contributed by atoms with Crippen molar-refractivity contribution in [2.24, 2.45) is 17.6 Å². The van der Waals surface area contributed by atoms with E-state index < -0.39 is 0 Å². The maximum Gasteiger partial charge on any atom is 0.115 e. The van der Waals surface area contributed by atoms with Crippen LogP contribution in [0, 0.1) is 11.8 Å². The molecule has 2 atom stereocenters. The second kappa shape index (κ2) is 2.99. The Morgan fingerprint density at radius 3 is 2.40 bits per heavy atom. The summed E-state index contributed by atoms with van der Waals surface area (Å²) in [6.07, 6.45) is 5.23. The third-order valence-electron chi connectivity index (χ3n) is 4.18. The lowest BCUT2D eigenvalue weighted by molar-refractivity contribution is 0.258. The van der Waals surface area contributed by atoms with Gasteiger partial charge in [-0.2, -0.15) is 0 Å². The Kier molecular flexibility index (Phi) is 1.84. The fraction of sp³-hybridized carbons (Fsp3) is 0.538. The third-order valence-corrected chi connectivity index (χ3v) is 4.18. The molecule has 2 saturated carbocycles. The molecule has 2 heteroatoms. The fourth-order valence-electron chi connectivity index (χ4n) is 2.84. The monoisotopic (exact) mass is 203 g/mol. The molecule has 3 N–H and O–H groups in total. The van der Waals surface area contributed by atoms with Gasteiger partial charge in [0.1, 0.15) is 5.75 Å². The number of aromatic hydroxyl groups is 1. The van der Waals surface area contributed by atoms with Crippen LogP contribution in [-0.4, -0.2) is 5.11 Å². The quantitative estimate of drug-likeness (QED) is 0.775. The molecule has 0 radical (unpaired) electrons. The van der Waals surface area contributed by atoms with Gasteiger partial charge in [-0.05, 0) is 36.0 Å². The lowest BCUT2D eigenvalue weighted by Gasteiger charge is -2.27. The summed E-state index contributed by atoms with van der Waals surface area (Å²) in [6, 6.07) is 7.40. The number of hydrogen-bond donors (Lipinski definition) is 2. The van der Waals surface area contributed by atoms with Crippen molar-refractivity contribution in [3.05, 3.63) is 29.8 Å². The highest BCUT2D eigenvalue weighted by molar-refractivity contribution is 5.36. The molecule has 0 spiro atoms. The van der Waals surface area contributed by atoms with Gasteiger partial charge in [0.2, 0.25) is 0 Å². The molecule has 2 unspecified atom stereocenters. The summed E-state index contributed by atoms with van der Waals surface area (Å²) in [6.45, 7) is 0. The summed E-state index contributed by atoms with van der Waals surface area (Å²) < 4.78 is 0. The van der Waals surface area contributed by atoms with Crippen LogP contribution >= 0.6 is 0 Å². The molecule has 2 fully saturated rings. The van der Waals surface area contributed by atoms with Gasteiger partial charge in [0.15, 0.2) is 0 Å². The van der Waals surface area contributed by atoms with E-state index in [1.54, 1.807) is 12.1 Å². The topological polar surface area (TPSA) is 46.2 Å². The molecule has 0 saturated heterocycles. The minimum atomic E-state index is -0.0845. The summed E-state index contributed by atoms with van der Waals surface area (Å²) in [5, 5.41) is 9.23. The second-order valence-corrected chi connectivity index (χ2v) is 5.09. The lowest BCUT2D eigenvalue weighted by atomic mass is 9.79. The largest absolute Gasteiger partial charge is 0.508 e. The lowest BCUT2D eigenvalue weighted by Crippen LogP contribution is -2.27. The van der Waals surface area contributed by atoms with Gasteiger partial charge < -0.3 is 10.8 Å². The molecule has 3 rings (SSSR count). The highest BCUT2D eigenvalue weighted by Gasteiger charge is 2.56. The summed E-state index contributed by atoms with van der Waals surface area (Å²) in [5.74, 6) is 1.88. The Labute approximate surface area is 90.1 Å². The van der Waals surface area contributed by atoms with Gasteiger partial charge in [-0.15, -0.1) is 0 Å². The normalized spacial score (nSPS) is 34.9. The molecule has 2 nitrogen and oxygen atoms in total. The van der Waals surface area contributed by atoms with Crippen LogP contribution in [-0.2, 0) is 5.54 Å². The van der Waals surface area contributed by atoms with E-state index in [9.17, 15) is 5.11 Å². The third kappa shape index (κ3) is 1.36. The van der Waals surface area contributed by atoms with Crippen molar-refractivity contribution in [3.8, 4) is 5.75 Å². The summed E-state index contributed by atoms with van der Waals surface area (Å²) in [5.41, 5.74) is 7.50. The second-order valence-electron chi connectivity index (χ2n) is 5.09. The first-order valence-corrected chi connectivity index (χ1v) is 5.78. The first-order chi connectivity index (χ1) is 7.20. The van der Waals surface area contributed by atoms with Gasteiger partial charge in [0.05, 0.1) is 0 Å². The highest BCUT2D eigenvalue weighted by Crippen LogP contribution is 2.58.